The highest BCUT2D eigenvalue weighted by Crippen LogP contribution is 2.09. The molecular weight excluding hydrogens is 188 g/mol. The topological polar surface area (TPSA) is 34.1 Å². The van der Waals surface area contributed by atoms with Gasteiger partial charge in [0.2, 0.25) is 0 Å². The molecule has 15 heavy (non-hydrogen) atoms. The quantitative estimate of drug-likeness (QED) is 0.409. The van der Waals surface area contributed by atoms with E-state index in [2.05, 4.69) is 6.58 Å². The molecule has 0 aliphatic rings. The third-order valence-electron chi connectivity index (χ3n) is 2.43. The van der Waals surface area contributed by atoms with Gasteiger partial charge in [0, 0.05) is 12.8 Å². The maximum Gasteiger partial charge on any atom is 0.155 e. The van der Waals surface area contributed by atoms with Crippen LogP contribution in [0.15, 0.2) is 12.7 Å². The van der Waals surface area contributed by atoms with Crippen molar-refractivity contribution < 1.29 is 9.59 Å². The lowest BCUT2D eigenvalue weighted by Gasteiger charge is -1.99. The van der Waals surface area contributed by atoms with E-state index in [1.54, 1.807) is 6.92 Å². The van der Waals surface area contributed by atoms with Crippen molar-refractivity contribution in [2.75, 3.05) is 0 Å². The molecule has 0 aliphatic carbocycles. The number of carbonyl (C=O) groups excluding carboxylic acids is 2. The molecule has 0 rings (SSSR count). The van der Waals surface area contributed by atoms with Gasteiger partial charge in [0.05, 0.1) is 0 Å². The van der Waals surface area contributed by atoms with Crippen molar-refractivity contribution in [1.82, 2.24) is 0 Å². The predicted octanol–water partition coefficient (Wildman–Crippen LogP) is 3.45. The van der Waals surface area contributed by atoms with E-state index < -0.39 is 0 Å². The normalized spacial score (nSPS) is 9.93. The lowest BCUT2D eigenvalue weighted by molar-refractivity contribution is -0.117. The molecule has 0 aromatic heterocycles. The molecule has 2 heteroatoms. The zero-order valence-electron chi connectivity index (χ0n) is 9.76. The van der Waals surface area contributed by atoms with Crippen molar-refractivity contribution >= 4 is 11.6 Å². The van der Waals surface area contributed by atoms with Crippen molar-refractivity contribution in [3.8, 4) is 0 Å². The Bertz CT molecular complexity index is 207. The maximum atomic E-state index is 10.9. The molecule has 0 saturated heterocycles. The first-order chi connectivity index (χ1) is 7.16. The van der Waals surface area contributed by atoms with Crippen molar-refractivity contribution in [3.63, 3.8) is 0 Å². The molecule has 0 aliphatic heterocycles. The summed E-state index contributed by atoms with van der Waals surface area (Å²) in [6, 6.07) is 0. The Morgan fingerprint density at radius 2 is 1.40 bits per heavy atom. The average molecular weight is 210 g/mol. The third-order valence-corrected chi connectivity index (χ3v) is 2.43. The van der Waals surface area contributed by atoms with Crippen LogP contribution in [0.1, 0.15) is 58.3 Å². The minimum absolute atomic E-state index is 0.145. The first kappa shape index (κ1) is 14.1. The zero-order valence-corrected chi connectivity index (χ0v) is 9.76. The molecule has 2 nitrogen and oxygen atoms in total. The van der Waals surface area contributed by atoms with Crippen molar-refractivity contribution in [2.45, 2.75) is 58.3 Å². The molecule has 0 unspecified atom stereocenters. The first-order valence-corrected chi connectivity index (χ1v) is 5.81. The molecule has 0 heterocycles. The standard InChI is InChI=1S/C13H22O2/c1-3-13(15)11-9-7-5-4-6-8-10-12(2)14/h3H,1,4-11H2,2H3. The number of carbonyl (C=O) groups is 2. The largest absolute Gasteiger partial charge is 0.300 e. The third kappa shape index (κ3) is 11.0. The van der Waals surface area contributed by atoms with Gasteiger partial charge in [-0.05, 0) is 25.8 Å². The summed E-state index contributed by atoms with van der Waals surface area (Å²) in [5.41, 5.74) is 0. The summed E-state index contributed by atoms with van der Waals surface area (Å²) in [6.45, 7) is 5.07. The zero-order chi connectivity index (χ0) is 11.5. The summed E-state index contributed by atoms with van der Waals surface area (Å²) < 4.78 is 0. The van der Waals surface area contributed by atoms with E-state index in [4.69, 9.17) is 0 Å². The lowest BCUT2D eigenvalue weighted by atomic mass is 10.1. The van der Waals surface area contributed by atoms with Crippen LogP contribution in [-0.4, -0.2) is 11.6 Å². The lowest BCUT2D eigenvalue weighted by Crippen LogP contribution is -1.92. The molecule has 0 N–H and O–H groups in total. The molecule has 0 amide bonds. The number of unbranched alkanes of at least 4 members (excludes halogenated alkanes) is 5. The Morgan fingerprint density at radius 1 is 0.933 bits per heavy atom. The molecule has 0 aromatic rings. The van der Waals surface area contributed by atoms with E-state index in [-0.39, 0.29) is 11.6 Å². The van der Waals surface area contributed by atoms with Crippen LogP contribution in [0.2, 0.25) is 0 Å². The molecular formula is C13H22O2. The van der Waals surface area contributed by atoms with Gasteiger partial charge in [-0.15, -0.1) is 0 Å². The minimum Gasteiger partial charge on any atom is -0.300 e. The summed E-state index contributed by atoms with van der Waals surface area (Å²) in [5, 5.41) is 0. The summed E-state index contributed by atoms with van der Waals surface area (Å²) in [7, 11) is 0. The second kappa shape index (κ2) is 9.63. The van der Waals surface area contributed by atoms with Crippen LogP contribution in [0.25, 0.3) is 0 Å². The van der Waals surface area contributed by atoms with Gasteiger partial charge in [-0.1, -0.05) is 32.3 Å². The smallest absolute Gasteiger partial charge is 0.155 e. The van der Waals surface area contributed by atoms with E-state index in [0.717, 1.165) is 32.1 Å². The van der Waals surface area contributed by atoms with Crippen molar-refractivity contribution in [2.24, 2.45) is 0 Å². The number of hydrogen-bond acceptors (Lipinski definition) is 2. The number of hydrogen-bond donors (Lipinski definition) is 0. The van der Waals surface area contributed by atoms with Crippen molar-refractivity contribution in [1.29, 1.82) is 0 Å². The summed E-state index contributed by atoms with van der Waals surface area (Å²) in [5.74, 6) is 0.429. The molecule has 0 atom stereocenters. The molecule has 0 fully saturated rings. The Labute approximate surface area is 92.8 Å². The van der Waals surface area contributed by atoms with Crippen LogP contribution in [-0.2, 0) is 9.59 Å². The fraction of sp³-hybridized carbons (Fsp3) is 0.692. The number of allylic oxidation sites excluding steroid dienone is 1. The van der Waals surface area contributed by atoms with Gasteiger partial charge in [0.25, 0.3) is 0 Å². The summed E-state index contributed by atoms with van der Waals surface area (Å²) >= 11 is 0. The second-order valence-corrected chi connectivity index (χ2v) is 3.99. The van der Waals surface area contributed by atoms with Gasteiger partial charge in [-0.3, -0.25) is 4.79 Å². The van der Waals surface area contributed by atoms with Crippen LogP contribution in [0, 0.1) is 0 Å². The van der Waals surface area contributed by atoms with E-state index >= 15 is 0 Å². The Balaban J connectivity index is 3.08. The number of ketones is 2. The maximum absolute atomic E-state index is 10.9. The summed E-state index contributed by atoms with van der Waals surface area (Å²) in [6.07, 6.45) is 9.32. The Hall–Kier alpha value is -0.920. The van der Waals surface area contributed by atoms with E-state index in [1.165, 1.54) is 18.9 Å². The van der Waals surface area contributed by atoms with Gasteiger partial charge in [0.1, 0.15) is 5.78 Å². The fourth-order valence-corrected chi connectivity index (χ4v) is 1.48. The monoisotopic (exact) mass is 210 g/mol. The molecule has 0 aromatic carbocycles. The van der Waals surface area contributed by atoms with Gasteiger partial charge < -0.3 is 4.79 Å². The number of rotatable bonds is 10. The van der Waals surface area contributed by atoms with Gasteiger partial charge in [0.15, 0.2) is 5.78 Å². The van der Waals surface area contributed by atoms with E-state index in [1.807, 2.05) is 0 Å². The first-order valence-electron chi connectivity index (χ1n) is 5.81. The van der Waals surface area contributed by atoms with Crippen LogP contribution in [0.3, 0.4) is 0 Å². The van der Waals surface area contributed by atoms with E-state index in [0.29, 0.717) is 6.42 Å². The van der Waals surface area contributed by atoms with Gasteiger partial charge in [-0.25, -0.2) is 0 Å². The van der Waals surface area contributed by atoms with Crippen LogP contribution in [0.5, 0.6) is 0 Å². The highest BCUT2D eigenvalue weighted by atomic mass is 16.1. The number of Topliss-reactive ketones (excluding diaryl/α,β-unsaturated/α-hetero) is 1. The Morgan fingerprint density at radius 3 is 1.87 bits per heavy atom. The predicted molar refractivity (Wildman–Crippen MR) is 62.8 cm³/mol. The fourth-order valence-electron chi connectivity index (χ4n) is 1.48. The average Bonchev–Trinajstić information content (AvgIpc) is 2.21. The molecule has 86 valence electrons. The van der Waals surface area contributed by atoms with Crippen LogP contribution in [0.4, 0.5) is 0 Å². The Kier molecular flexibility index (Phi) is 9.04. The molecule has 0 spiro atoms. The highest BCUT2D eigenvalue weighted by Gasteiger charge is 1.96. The van der Waals surface area contributed by atoms with Gasteiger partial charge >= 0.3 is 0 Å². The van der Waals surface area contributed by atoms with Crippen LogP contribution >= 0.6 is 0 Å². The van der Waals surface area contributed by atoms with E-state index in [9.17, 15) is 9.59 Å². The SMILES string of the molecule is C=CC(=O)CCCCCCCCC(C)=O. The summed E-state index contributed by atoms with van der Waals surface area (Å²) in [4.78, 5) is 21.5. The van der Waals surface area contributed by atoms with Crippen molar-refractivity contribution in [3.05, 3.63) is 12.7 Å². The van der Waals surface area contributed by atoms with Gasteiger partial charge in [-0.2, -0.15) is 0 Å². The second-order valence-electron chi connectivity index (χ2n) is 3.99. The molecule has 0 radical (unpaired) electrons. The minimum atomic E-state index is 0.145. The van der Waals surface area contributed by atoms with Crippen LogP contribution < -0.4 is 0 Å². The highest BCUT2D eigenvalue weighted by molar-refractivity contribution is 5.88. The molecule has 0 bridgehead atoms. The molecule has 0 saturated carbocycles.